The topological polar surface area (TPSA) is 90.7 Å². The Labute approximate surface area is 136 Å². The normalized spacial score (nSPS) is 10.5. The van der Waals surface area contributed by atoms with Crippen LogP contribution in [0.25, 0.3) is 11.0 Å². The molecule has 0 atom stereocenters. The van der Waals surface area contributed by atoms with Crippen LogP contribution in [0.3, 0.4) is 0 Å². The van der Waals surface area contributed by atoms with Crippen LogP contribution < -0.4 is 10.4 Å². The van der Waals surface area contributed by atoms with Gasteiger partial charge in [-0.25, -0.2) is 9.78 Å². The molecule has 0 bridgehead atoms. The molecule has 0 amide bonds. The highest BCUT2D eigenvalue weighted by Crippen LogP contribution is 2.24. The van der Waals surface area contributed by atoms with Gasteiger partial charge in [0.2, 0.25) is 0 Å². The lowest BCUT2D eigenvalue weighted by Crippen LogP contribution is -2.32. The number of nitrogens with zero attached hydrogens (tertiary/aromatic N) is 2. The van der Waals surface area contributed by atoms with Crippen molar-refractivity contribution in [3.63, 3.8) is 0 Å². The Bertz CT molecular complexity index is 950. The van der Waals surface area contributed by atoms with Crippen LogP contribution in [0.5, 0.6) is 5.75 Å². The van der Waals surface area contributed by atoms with Gasteiger partial charge in [0.15, 0.2) is 11.2 Å². The molecule has 122 valence electrons. The van der Waals surface area contributed by atoms with Gasteiger partial charge >= 0.3 is 11.5 Å². The lowest BCUT2D eigenvalue weighted by Gasteiger charge is -2.13. The summed E-state index contributed by atoms with van der Waals surface area (Å²) in [7, 11) is 1.13. The molecule has 1 aromatic carbocycles. The van der Waals surface area contributed by atoms with Gasteiger partial charge in [-0.05, 0) is 17.7 Å². The Morgan fingerprint density at radius 1 is 1.21 bits per heavy atom. The first-order valence-electron chi connectivity index (χ1n) is 7.11. The minimum Gasteiger partial charge on any atom is -0.506 e. The van der Waals surface area contributed by atoms with Crippen molar-refractivity contribution in [3.8, 4) is 5.75 Å². The van der Waals surface area contributed by atoms with E-state index in [2.05, 4.69) is 9.72 Å². The van der Waals surface area contributed by atoms with Gasteiger partial charge < -0.3 is 14.7 Å². The van der Waals surface area contributed by atoms with Crippen LogP contribution in [-0.2, 0) is 11.3 Å². The van der Waals surface area contributed by atoms with E-state index in [0.29, 0.717) is 0 Å². The average molecular weight is 326 g/mol. The third kappa shape index (κ3) is 2.67. The predicted octanol–water partition coefficient (Wildman–Crippen LogP) is 1.52. The van der Waals surface area contributed by atoms with Crippen LogP contribution in [0.2, 0.25) is 0 Å². The van der Waals surface area contributed by atoms with E-state index in [-0.39, 0.29) is 17.6 Å². The third-order valence-corrected chi connectivity index (χ3v) is 3.46. The lowest BCUT2D eigenvalue weighted by atomic mass is 10.2. The molecular weight excluding hydrogens is 312 g/mol. The number of esters is 1. The van der Waals surface area contributed by atoms with Crippen molar-refractivity contribution in [2.24, 2.45) is 0 Å². The maximum absolute atomic E-state index is 12.6. The van der Waals surface area contributed by atoms with E-state index < -0.39 is 22.8 Å². The van der Waals surface area contributed by atoms with Gasteiger partial charge in [0.25, 0.3) is 0 Å². The molecule has 1 N–H and O–H groups in total. The summed E-state index contributed by atoms with van der Waals surface area (Å²) in [4.78, 5) is 34.0. The summed E-state index contributed by atoms with van der Waals surface area (Å²) >= 11 is 0. The second-order valence-corrected chi connectivity index (χ2v) is 4.95. The first-order valence-corrected chi connectivity index (χ1v) is 7.11. The zero-order valence-corrected chi connectivity index (χ0v) is 12.8. The molecule has 2 heterocycles. The second kappa shape index (κ2) is 6.41. The number of ether oxygens (including phenoxy) is 1. The molecule has 3 rings (SSSR count). The molecule has 0 saturated heterocycles. The zero-order chi connectivity index (χ0) is 17.1. The minimum atomic E-state index is -0.944. The summed E-state index contributed by atoms with van der Waals surface area (Å²) in [5.41, 5.74) is -0.377. The number of hydrogen-bond donors (Lipinski definition) is 1. The van der Waals surface area contributed by atoms with E-state index in [0.717, 1.165) is 17.4 Å². The Kier molecular flexibility index (Phi) is 4.15. The number of carbonyl (C=O) groups excluding carboxylic acids is 1. The van der Waals surface area contributed by atoms with Crippen LogP contribution in [0.4, 0.5) is 0 Å². The van der Waals surface area contributed by atoms with Crippen LogP contribution in [0, 0.1) is 0 Å². The number of pyridine rings is 2. The number of hydrogen-bond acceptors (Lipinski definition) is 6. The third-order valence-electron chi connectivity index (χ3n) is 3.46. The zero-order valence-electron chi connectivity index (χ0n) is 12.8. The number of benzene rings is 1. The predicted molar refractivity (Wildman–Crippen MR) is 85.7 cm³/mol. The quantitative estimate of drug-likeness (QED) is 0.731. The monoisotopic (exact) mass is 326 g/mol. The number of carbonyl (C=O) groups is 1. The van der Waals surface area contributed by atoms with Crippen LogP contribution in [0.1, 0.15) is 15.9 Å². The second-order valence-electron chi connectivity index (χ2n) is 4.95. The van der Waals surface area contributed by atoms with Crippen LogP contribution in [0.15, 0.2) is 53.5 Å². The molecule has 0 spiro atoms. The molecule has 24 heavy (non-hydrogen) atoms. The van der Waals surface area contributed by atoms with Gasteiger partial charge in [0.05, 0.1) is 12.5 Å². The van der Waals surface area contributed by atoms with E-state index in [9.17, 15) is 14.7 Å². The fourth-order valence-electron chi connectivity index (χ4n) is 2.30. The van der Waals surface area contributed by atoms with Crippen molar-refractivity contribution in [2.75, 3.05) is 7.11 Å². The fourth-order valence-corrected chi connectivity index (χ4v) is 2.30. The summed E-state index contributed by atoms with van der Waals surface area (Å²) < 4.78 is 5.47. The lowest BCUT2D eigenvalue weighted by molar-refractivity contribution is 0.0580. The fraction of sp³-hybridized carbons (Fsp3) is 0.118. The smallest absolute Gasteiger partial charge is 0.347 e. The van der Waals surface area contributed by atoms with E-state index >= 15 is 0 Å². The largest absolute Gasteiger partial charge is 0.506 e. The number of aromatic hydroxyl groups is 1. The highest BCUT2D eigenvalue weighted by molar-refractivity contribution is 5.98. The van der Waals surface area contributed by atoms with E-state index in [1.54, 1.807) is 6.07 Å². The molecule has 0 saturated carbocycles. The average Bonchev–Trinajstić information content (AvgIpc) is 2.62. The van der Waals surface area contributed by atoms with Crippen molar-refractivity contribution < 1.29 is 19.5 Å². The standard InChI is InChI=1S/C17H14N2O5/c1-23-17(22)13-14(20)12-8-5-9-18-15(12)19(16(13)21)24-10-11-6-3-2-4-7-11/h2-9,20H,10H2,1H3. The van der Waals surface area contributed by atoms with Crippen LogP contribution >= 0.6 is 0 Å². The molecular formula is C17H14N2O5. The summed E-state index contributed by atoms with van der Waals surface area (Å²) in [5, 5.41) is 10.4. The molecule has 0 fully saturated rings. The van der Waals surface area contributed by atoms with E-state index in [1.807, 2.05) is 30.3 Å². The van der Waals surface area contributed by atoms with Gasteiger partial charge in [-0.15, -0.1) is 4.73 Å². The number of fused-ring (bicyclic) bond motifs is 1. The molecule has 0 unspecified atom stereocenters. The van der Waals surface area contributed by atoms with Crippen molar-refractivity contribution >= 4 is 17.0 Å². The Morgan fingerprint density at radius 2 is 1.96 bits per heavy atom. The number of aromatic nitrogens is 2. The molecule has 0 aliphatic rings. The summed E-state index contributed by atoms with van der Waals surface area (Å²) in [6, 6.07) is 12.3. The van der Waals surface area contributed by atoms with Crippen molar-refractivity contribution in [2.45, 2.75) is 6.61 Å². The Balaban J connectivity index is 2.15. The maximum atomic E-state index is 12.6. The highest BCUT2D eigenvalue weighted by Gasteiger charge is 2.24. The maximum Gasteiger partial charge on any atom is 0.347 e. The molecule has 0 aliphatic heterocycles. The van der Waals surface area contributed by atoms with Gasteiger partial charge in [0.1, 0.15) is 12.4 Å². The van der Waals surface area contributed by atoms with E-state index in [1.165, 1.54) is 12.3 Å². The van der Waals surface area contributed by atoms with Gasteiger partial charge in [-0.1, -0.05) is 30.3 Å². The molecule has 3 aromatic rings. The molecule has 0 aliphatic carbocycles. The number of methoxy groups -OCH3 is 1. The Morgan fingerprint density at radius 3 is 2.67 bits per heavy atom. The first-order chi connectivity index (χ1) is 11.6. The van der Waals surface area contributed by atoms with E-state index in [4.69, 9.17) is 4.84 Å². The van der Waals surface area contributed by atoms with Crippen molar-refractivity contribution in [3.05, 3.63) is 70.1 Å². The van der Waals surface area contributed by atoms with Crippen molar-refractivity contribution in [1.29, 1.82) is 0 Å². The highest BCUT2D eigenvalue weighted by atomic mass is 16.7. The summed E-state index contributed by atoms with van der Waals surface area (Å²) in [6.45, 7) is 0.0950. The van der Waals surface area contributed by atoms with Crippen LogP contribution in [-0.4, -0.2) is 27.9 Å². The molecule has 7 heteroatoms. The summed E-state index contributed by atoms with van der Waals surface area (Å²) in [5.74, 6) is -1.42. The molecule has 7 nitrogen and oxygen atoms in total. The minimum absolute atomic E-state index is 0.0950. The SMILES string of the molecule is COC(=O)c1c(O)c2cccnc2n(OCc2ccccc2)c1=O. The van der Waals surface area contributed by atoms with Crippen molar-refractivity contribution in [1.82, 2.24) is 9.71 Å². The Hall–Kier alpha value is -3.35. The molecule has 0 radical (unpaired) electrons. The molecule has 2 aromatic heterocycles. The van der Waals surface area contributed by atoms with Gasteiger partial charge in [-0.2, -0.15) is 0 Å². The van der Waals surface area contributed by atoms with Gasteiger partial charge in [0, 0.05) is 6.20 Å². The number of rotatable bonds is 4. The first kappa shape index (κ1) is 15.5. The van der Waals surface area contributed by atoms with Gasteiger partial charge in [-0.3, -0.25) is 4.79 Å². The summed E-state index contributed by atoms with van der Waals surface area (Å²) in [6.07, 6.45) is 1.46.